The number of rotatable bonds is 3. The van der Waals surface area contributed by atoms with Crippen molar-refractivity contribution < 1.29 is 28.7 Å². The van der Waals surface area contributed by atoms with Crippen LogP contribution in [0, 0.1) is 0 Å². The summed E-state index contributed by atoms with van der Waals surface area (Å²) in [5, 5.41) is 2.11. The van der Waals surface area contributed by atoms with E-state index in [9.17, 15) is 24.0 Å². The average molecular weight is 302 g/mol. The molecule has 2 heterocycles. The summed E-state index contributed by atoms with van der Waals surface area (Å²) in [6.07, 6.45) is 0.150. The number of amides is 4. The van der Waals surface area contributed by atoms with Gasteiger partial charge < -0.3 is 4.74 Å². The summed E-state index contributed by atoms with van der Waals surface area (Å²) in [7, 11) is 0. The van der Waals surface area contributed by atoms with Crippen molar-refractivity contribution in [2.45, 2.75) is 18.9 Å². The zero-order valence-electron chi connectivity index (χ0n) is 11.2. The predicted octanol–water partition coefficient (Wildman–Crippen LogP) is -0.377. The molecule has 1 aromatic carbocycles. The van der Waals surface area contributed by atoms with Gasteiger partial charge in [-0.1, -0.05) is 0 Å². The molecule has 0 bridgehead atoms. The van der Waals surface area contributed by atoms with Gasteiger partial charge in [-0.2, -0.15) is 0 Å². The lowest BCUT2D eigenvalue weighted by molar-refractivity contribution is -0.136. The van der Waals surface area contributed by atoms with Crippen LogP contribution >= 0.6 is 0 Å². The third kappa shape index (κ3) is 2.05. The smallest absolute Gasteiger partial charge is 0.298 e. The molecule has 0 spiro atoms. The number of ether oxygens (including phenoxy) is 1. The van der Waals surface area contributed by atoms with Crippen molar-refractivity contribution in [2.75, 3.05) is 0 Å². The summed E-state index contributed by atoms with van der Waals surface area (Å²) in [4.78, 5) is 58.9. The topological polar surface area (TPSA) is 110 Å². The monoisotopic (exact) mass is 302 g/mol. The van der Waals surface area contributed by atoms with Gasteiger partial charge in [0.05, 0.1) is 11.1 Å². The highest BCUT2D eigenvalue weighted by Gasteiger charge is 2.44. The van der Waals surface area contributed by atoms with Gasteiger partial charge in [-0.05, 0) is 24.6 Å². The molecule has 0 aromatic heterocycles. The van der Waals surface area contributed by atoms with E-state index < -0.39 is 29.7 Å². The van der Waals surface area contributed by atoms with Crippen molar-refractivity contribution in [3.8, 4) is 5.75 Å². The lowest BCUT2D eigenvalue weighted by Gasteiger charge is -2.27. The number of piperidine rings is 1. The molecule has 1 saturated heterocycles. The second-order valence-electron chi connectivity index (χ2n) is 4.87. The zero-order chi connectivity index (χ0) is 15.9. The van der Waals surface area contributed by atoms with Gasteiger partial charge in [0, 0.05) is 6.42 Å². The summed E-state index contributed by atoms with van der Waals surface area (Å²) in [6.45, 7) is 0.209. The van der Waals surface area contributed by atoms with Crippen LogP contribution in [0.15, 0.2) is 18.2 Å². The standard InChI is InChI=1S/C14H10N2O6/c17-6-22-7-1-2-8-9(5-7)14(21)16(13(8)20)10-3-4-11(18)15-12(10)19/h1-2,5-6,10H,3-4H2,(H,15,18,19). The molecule has 8 nitrogen and oxygen atoms in total. The van der Waals surface area contributed by atoms with Gasteiger partial charge in [0.15, 0.2) is 0 Å². The average Bonchev–Trinajstić information content (AvgIpc) is 2.72. The molecule has 0 aliphatic carbocycles. The fourth-order valence-electron chi connectivity index (χ4n) is 2.58. The Bertz CT molecular complexity index is 726. The Kier molecular flexibility index (Phi) is 3.21. The van der Waals surface area contributed by atoms with Crippen molar-refractivity contribution >= 4 is 30.1 Å². The second-order valence-corrected chi connectivity index (χ2v) is 4.87. The van der Waals surface area contributed by atoms with Gasteiger partial charge in [0.25, 0.3) is 18.3 Å². The highest BCUT2D eigenvalue weighted by atomic mass is 16.5. The van der Waals surface area contributed by atoms with E-state index in [0.717, 1.165) is 4.90 Å². The molecule has 22 heavy (non-hydrogen) atoms. The Labute approximate surface area is 124 Å². The van der Waals surface area contributed by atoms with E-state index in [1.807, 2.05) is 0 Å². The van der Waals surface area contributed by atoms with Crippen molar-refractivity contribution in [3.63, 3.8) is 0 Å². The van der Waals surface area contributed by atoms with Crippen molar-refractivity contribution in [1.82, 2.24) is 10.2 Å². The molecule has 1 N–H and O–H groups in total. The van der Waals surface area contributed by atoms with Crippen LogP contribution in [-0.2, 0) is 14.4 Å². The number of fused-ring (bicyclic) bond motifs is 1. The largest absolute Gasteiger partial charge is 0.429 e. The number of benzene rings is 1. The minimum absolute atomic E-state index is 0.0588. The Morgan fingerprint density at radius 3 is 2.55 bits per heavy atom. The molecule has 8 heteroatoms. The van der Waals surface area contributed by atoms with E-state index in [1.54, 1.807) is 0 Å². The Balaban J connectivity index is 1.94. The molecule has 2 aliphatic rings. The maximum Gasteiger partial charge on any atom is 0.298 e. The molecular weight excluding hydrogens is 292 g/mol. The van der Waals surface area contributed by atoms with E-state index in [-0.39, 0.29) is 36.2 Å². The van der Waals surface area contributed by atoms with Gasteiger partial charge in [-0.15, -0.1) is 0 Å². The lowest BCUT2D eigenvalue weighted by Crippen LogP contribution is -2.54. The first-order valence-electron chi connectivity index (χ1n) is 6.49. The number of carbonyl (C=O) groups is 5. The number of nitrogens with one attached hydrogen (secondary N) is 1. The number of hydrogen-bond acceptors (Lipinski definition) is 6. The van der Waals surface area contributed by atoms with Crippen molar-refractivity contribution in [1.29, 1.82) is 0 Å². The summed E-state index contributed by atoms with van der Waals surface area (Å²) in [5.74, 6) is -2.23. The van der Waals surface area contributed by atoms with Crippen LogP contribution in [0.25, 0.3) is 0 Å². The molecule has 2 aliphatic heterocycles. The first kappa shape index (κ1) is 13.9. The van der Waals surface area contributed by atoms with Crippen LogP contribution in [-0.4, -0.2) is 41.0 Å². The number of hydrogen-bond donors (Lipinski definition) is 1. The molecule has 1 fully saturated rings. The van der Waals surface area contributed by atoms with Crippen LogP contribution in [0.5, 0.6) is 5.75 Å². The van der Waals surface area contributed by atoms with Crippen LogP contribution in [0.1, 0.15) is 33.6 Å². The summed E-state index contributed by atoms with van der Waals surface area (Å²) in [5.41, 5.74) is 0.196. The summed E-state index contributed by atoms with van der Waals surface area (Å²) in [6, 6.07) is 3.00. The third-order valence-corrected chi connectivity index (χ3v) is 3.60. The van der Waals surface area contributed by atoms with E-state index >= 15 is 0 Å². The molecule has 3 rings (SSSR count). The molecule has 0 saturated carbocycles. The van der Waals surface area contributed by atoms with E-state index in [0.29, 0.717) is 0 Å². The van der Waals surface area contributed by atoms with E-state index in [2.05, 4.69) is 10.1 Å². The molecule has 1 unspecified atom stereocenters. The molecule has 0 radical (unpaired) electrons. The van der Waals surface area contributed by atoms with Crippen molar-refractivity contribution in [2.24, 2.45) is 0 Å². The SMILES string of the molecule is O=COc1ccc2c(c1)C(=O)N(C1CCC(=O)NC1=O)C2=O. The Morgan fingerprint density at radius 2 is 1.86 bits per heavy atom. The summed E-state index contributed by atoms with van der Waals surface area (Å²) < 4.78 is 4.64. The molecular formula is C14H10N2O6. The lowest BCUT2D eigenvalue weighted by atomic mass is 10.0. The van der Waals surface area contributed by atoms with Crippen LogP contribution in [0.2, 0.25) is 0 Å². The van der Waals surface area contributed by atoms with E-state index in [1.165, 1.54) is 18.2 Å². The fraction of sp³-hybridized carbons (Fsp3) is 0.214. The Hall–Kier alpha value is -3.03. The maximum absolute atomic E-state index is 12.4. The minimum Gasteiger partial charge on any atom is -0.429 e. The normalized spacial score (nSPS) is 20.7. The quantitative estimate of drug-likeness (QED) is 0.602. The third-order valence-electron chi connectivity index (χ3n) is 3.60. The van der Waals surface area contributed by atoms with Crippen molar-refractivity contribution in [3.05, 3.63) is 29.3 Å². The van der Waals surface area contributed by atoms with Crippen LogP contribution < -0.4 is 10.1 Å². The minimum atomic E-state index is -1.01. The van der Waals surface area contributed by atoms with Gasteiger partial charge >= 0.3 is 0 Å². The number of nitrogens with zero attached hydrogens (tertiary/aromatic N) is 1. The Morgan fingerprint density at radius 1 is 1.14 bits per heavy atom. The van der Waals surface area contributed by atoms with Gasteiger partial charge in [-0.25, -0.2) is 0 Å². The number of carbonyl (C=O) groups excluding carboxylic acids is 5. The summed E-state index contributed by atoms with van der Waals surface area (Å²) >= 11 is 0. The molecule has 1 aromatic rings. The first-order chi connectivity index (χ1) is 10.5. The molecule has 1 atom stereocenters. The van der Waals surface area contributed by atoms with Gasteiger partial charge in [-0.3, -0.25) is 34.2 Å². The zero-order valence-corrected chi connectivity index (χ0v) is 11.2. The highest BCUT2D eigenvalue weighted by molar-refractivity contribution is 6.23. The first-order valence-corrected chi connectivity index (χ1v) is 6.49. The van der Waals surface area contributed by atoms with Gasteiger partial charge in [0.2, 0.25) is 11.8 Å². The highest BCUT2D eigenvalue weighted by Crippen LogP contribution is 2.29. The van der Waals surface area contributed by atoms with Crippen LogP contribution in [0.4, 0.5) is 0 Å². The maximum atomic E-state index is 12.4. The fourth-order valence-corrected chi connectivity index (χ4v) is 2.58. The van der Waals surface area contributed by atoms with Crippen LogP contribution in [0.3, 0.4) is 0 Å². The number of imide groups is 2. The van der Waals surface area contributed by atoms with Gasteiger partial charge in [0.1, 0.15) is 11.8 Å². The molecule has 112 valence electrons. The molecule has 4 amide bonds. The predicted molar refractivity (Wildman–Crippen MR) is 69.8 cm³/mol. The van der Waals surface area contributed by atoms with E-state index in [4.69, 9.17) is 0 Å². The second kappa shape index (κ2) is 5.06.